The van der Waals surface area contributed by atoms with Gasteiger partial charge in [0.1, 0.15) is 11.6 Å². The maximum atomic E-state index is 13.3. The van der Waals surface area contributed by atoms with Gasteiger partial charge in [0.05, 0.1) is 24.0 Å². The van der Waals surface area contributed by atoms with E-state index in [9.17, 15) is 9.59 Å². The molecule has 1 saturated heterocycles. The molecule has 0 aromatic heterocycles. The van der Waals surface area contributed by atoms with Crippen LogP contribution in [0.5, 0.6) is 11.5 Å². The van der Waals surface area contributed by atoms with E-state index in [1.807, 2.05) is 18.2 Å². The van der Waals surface area contributed by atoms with Crippen LogP contribution in [0.3, 0.4) is 0 Å². The first kappa shape index (κ1) is 19.1. The summed E-state index contributed by atoms with van der Waals surface area (Å²) in [5.41, 5.74) is 0.862. The standard InChI is InChI=1S/C24H30O5/c1-23(2)8-14(25)21-18(10-23)29-19-11-24(3,4)9-15(26)22(19)20(21)13-5-6-16-17(7-13)28-12-27-16/h5-7,18-22H,8-12H2,1-4H3/t18-,19+,20?,21-,22-/m0/s1. The molecule has 2 aliphatic carbocycles. The molecule has 3 fully saturated rings. The van der Waals surface area contributed by atoms with Gasteiger partial charge >= 0.3 is 0 Å². The molecule has 29 heavy (non-hydrogen) atoms. The van der Waals surface area contributed by atoms with Gasteiger partial charge in [0.25, 0.3) is 0 Å². The molecule has 1 aromatic rings. The molecule has 5 heteroatoms. The van der Waals surface area contributed by atoms with E-state index < -0.39 is 0 Å². The average molecular weight is 398 g/mol. The highest BCUT2D eigenvalue weighted by Crippen LogP contribution is 2.55. The van der Waals surface area contributed by atoms with Gasteiger partial charge in [-0.2, -0.15) is 0 Å². The minimum absolute atomic E-state index is 0.0707. The molecule has 0 spiro atoms. The maximum absolute atomic E-state index is 13.3. The van der Waals surface area contributed by atoms with Gasteiger partial charge in [-0.25, -0.2) is 0 Å². The number of carbonyl (C=O) groups excluding carboxylic acids is 2. The van der Waals surface area contributed by atoms with E-state index in [0.717, 1.165) is 24.2 Å². The molecular weight excluding hydrogens is 368 g/mol. The van der Waals surface area contributed by atoms with Crippen LogP contribution in [0.15, 0.2) is 18.2 Å². The van der Waals surface area contributed by atoms with Gasteiger partial charge in [0, 0.05) is 18.8 Å². The molecule has 2 aliphatic heterocycles. The van der Waals surface area contributed by atoms with Crippen LogP contribution in [-0.4, -0.2) is 30.6 Å². The van der Waals surface area contributed by atoms with E-state index in [1.165, 1.54) is 0 Å². The molecule has 0 radical (unpaired) electrons. The Kier molecular flexibility index (Phi) is 4.16. The van der Waals surface area contributed by atoms with Crippen molar-refractivity contribution in [2.45, 2.75) is 71.5 Å². The second-order valence-electron chi connectivity index (χ2n) is 10.9. The molecule has 5 rings (SSSR count). The molecule has 1 unspecified atom stereocenters. The second kappa shape index (κ2) is 6.31. The van der Waals surface area contributed by atoms with Crippen molar-refractivity contribution in [1.29, 1.82) is 0 Å². The van der Waals surface area contributed by atoms with Gasteiger partial charge < -0.3 is 14.2 Å². The lowest BCUT2D eigenvalue weighted by Crippen LogP contribution is -2.58. The summed E-state index contributed by atoms with van der Waals surface area (Å²) in [6.07, 6.45) is 2.50. The first-order valence-electron chi connectivity index (χ1n) is 10.7. The molecule has 0 amide bonds. The molecule has 5 nitrogen and oxygen atoms in total. The number of benzene rings is 1. The van der Waals surface area contributed by atoms with Crippen molar-refractivity contribution in [2.75, 3.05) is 6.79 Å². The molecule has 0 N–H and O–H groups in total. The van der Waals surface area contributed by atoms with Crippen LogP contribution in [0.1, 0.15) is 64.9 Å². The van der Waals surface area contributed by atoms with Crippen molar-refractivity contribution in [3.63, 3.8) is 0 Å². The van der Waals surface area contributed by atoms with Crippen molar-refractivity contribution < 1.29 is 23.8 Å². The number of ether oxygens (including phenoxy) is 3. The highest BCUT2D eigenvalue weighted by molar-refractivity contribution is 5.89. The van der Waals surface area contributed by atoms with Crippen LogP contribution in [-0.2, 0) is 14.3 Å². The zero-order valence-electron chi connectivity index (χ0n) is 17.7. The third kappa shape index (κ3) is 3.18. The summed E-state index contributed by atoms with van der Waals surface area (Å²) in [6.45, 7) is 8.78. The van der Waals surface area contributed by atoms with Crippen molar-refractivity contribution in [2.24, 2.45) is 22.7 Å². The van der Waals surface area contributed by atoms with Gasteiger partial charge in [-0.05, 0) is 41.4 Å². The smallest absolute Gasteiger partial charge is 0.231 e. The zero-order chi connectivity index (χ0) is 20.6. The fourth-order valence-electron chi connectivity index (χ4n) is 6.19. The number of hydrogen-bond donors (Lipinski definition) is 0. The van der Waals surface area contributed by atoms with Crippen molar-refractivity contribution in [3.8, 4) is 11.5 Å². The third-order valence-corrected chi connectivity index (χ3v) is 7.26. The largest absolute Gasteiger partial charge is 0.454 e. The fraction of sp³-hybridized carbons (Fsp3) is 0.667. The summed E-state index contributed by atoms with van der Waals surface area (Å²) in [4.78, 5) is 26.6. The van der Waals surface area contributed by atoms with Gasteiger partial charge in [0.15, 0.2) is 11.5 Å². The second-order valence-corrected chi connectivity index (χ2v) is 10.9. The van der Waals surface area contributed by atoms with Crippen LogP contribution in [0.4, 0.5) is 0 Å². The van der Waals surface area contributed by atoms with E-state index in [0.29, 0.717) is 18.6 Å². The normalized spacial score (nSPS) is 37.0. The van der Waals surface area contributed by atoms with Gasteiger partial charge in [-0.1, -0.05) is 33.8 Å². The molecular formula is C24H30O5. The van der Waals surface area contributed by atoms with Crippen LogP contribution >= 0.6 is 0 Å². The number of carbonyl (C=O) groups is 2. The highest BCUT2D eigenvalue weighted by Gasteiger charge is 2.57. The highest BCUT2D eigenvalue weighted by atomic mass is 16.7. The molecule has 4 aliphatic rings. The lowest BCUT2D eigenvalue weighted by molar-refractivity contribution is -0.186. The maximum Gasteiger partial charge on any atom is 0.231 e. The zero-order valence-corrected chi connectivity index (χ0v) is 17.7. The predicted octanol–water partition coefficient (Wildman–Crippen LogP) is 4.28. The number of hydrogen-bond acceptors (Lipinski definition) is 5. The average Bonchev–Trinajstić information content (AvgIpc) is 3.05. The van der Waals surface area contributed by atoms with Crippen molar-refractivity contribution >= 4 is 11.6 Å². The fourth-order valence-corrected chi connectivity index (χ4v) is 6.19. The van der Waals surface area contributed by atoms with Gasteiger partial charge in [-0.15, -0.1) is 0 Å². The molecule has 5 atom stereocenters. The Bertz CT molecular complexity index is 828. The minimum Gasteiger partial charge on any atom is -0.454 e. The van der Waals surface area contributed by atoms with Crippen LogP contribution in [0.2, 0.25) is 0 Å². The van der Waals surface area contributed by atoms with E-state index in [4.69, 9.17) is 14.2 Å². The van der Waals surface area contributed by atoms with E-state index in [1.54, 1.807) is 0 Å². The lowest BCUT2D eigenvalue weighted by atomic mass is 9.56. The Hall–Kier alpha value is -1.88. The summed E-state index contributed by atoms with van der Waals surface area (Å²) in [5.74, 6) is 1.19. The SMILES string of the molecule is CC1(C)CC(=O)[C@@H]2C(c3ccc4c(c3)OCO4)[C@H]3C(=O)CC(C)(C)C[C@H]3O[C@H]2C1. The monoisotopic (exact) mass is 398 g/mol. The lowest BCUT2D eigenvalue weighted by Gasteiger charge is -2.54. The Morgan fingerprint density at radius 3 is 1.93 bits per heavy atom. The van der Waals surface area contributed by atoms with Crippen molar-refractivity contribution in [3.05, 3.63) is 23.8 Å². The van der Waals surface area contributed by atoms with Gasteiger partial charge in [0.2, 0.25) is 6.79 Å². The summed E-state index contributed by atoms with van der Waals surface area (Å²) in [5, 5.41) is 0. The van der Waals surface area contributed by atoms with Gasteiger partial charge in [-0.3, -0.25) is 9.59 Å². The summed E-state index contributed by atoms with van der Waals surface area (Å²) in [7, 11) is 0. The first-order chi connectivity index (χ1) is 13.6. The predicted molar refractivity (Wildman–Crippen MR) is 107 cm³/mol. The van der Waals surface area contributed by atoms with Crippen LogP contribution in [0.25, 0.3) is 0 Å². The first-order valence-corrected chi connectivity index (χ1v) is 10.7. The number of Topliss-reactive ketones (excluding diaryl/α,β-unsaturated/α-hetero) is 2. The van der Waals surface area contributed by atoms with E-state index in [2.05, 4.69) is 27.7 Å². The number of rotatable bonds is 1. The molecule has 2 saturated carbocycles. The number of ketones is 2. The van der Waals surface area contributed by atoms with Crippen LogP contribution in [0, 0.1) is 22.7 Å². The van der Waals surface area contributed by atoms with Crippen molar-refractivity contribution in [1.82, 2.24) is 0 Å². The van der Waals surface area contributed by atoms with E-state index >= 15 is 0 Å². The number of fused-ring (bicyclic) bond motifs is 3. The third-order valence-electron chi connectivity index (χ3n) is 7.26. The Labute approximate surface area is 172 Å². The Morgan fingerprint density at radius 1 is 0.793 bits per heavy atom. The van der Waals surface area contributed by atoms with Crippen LogP contribution < -0.4 is 9.47 Å². The molecule has 2 heterocycles. The minimum atomic E-state index is -0.269. The Balaban J connectivity index is 1.60. The topological polar surface area (TPSA) is 61.8 Å². The summed E-state index contributed by atoms with van der Waals surface area (Å²) >= 11 is 0. The molecule has 0 bridgehead atoms. The van der Waals surface area contributed by atoms with E-state index in [-0.39, 0.29) is 59.2 Å². The summed E-state index contributed by atoms with van der Waals surface area (Å²) < 4.78 is 17.6. The molecule has 1 aromatic carbocycles. The quantitative estimate of drug-likeness (QED) is 0.707. The summed E-state index contributed by atoms with van der Waals surface area (Å²) in [6, 6.07) is 5.90. The Morgan fingerprint density at radius 2 is 1.34 bits per heavy atom. The molecule has 156 valence electrons.